The lowest BCUT2D eigenvalue weighted by atomic mass is 10.1. The second-order valence-corrected chi connectivity index (χ2v) is 11.8. The van der Waals surface area contributed by atoms with Crippen molar-refractivity contribution in [2.45, 2.75) is 44.9 Å². The highest BCUT2D eigenvalue weighted by molar-refractivity contribution is 5.95. The molecule has 1 N–H and O–H groups in total. The van der Waals surface area contributed by atoms with Crippen LogP contribution in [0, 0.1) is 0 Å². The molecule has 5 aromatic rings. The Morgan fingerprint density at radius 3 is 2.60 bits per heavy atom. The van der Waals surface area contributed by atoms with Gasteiger partial charge in [0.15, 0.2) is 5.82 Å². The summed E-state index contributed by atoms with van der Waals surface area (Å²) in [5, 5.41) is 13.6. The largest absolute Gasteiger partial charge is 0.444 e. The highest BCUT2D eigenvalue weighted by Crippen LogP contribution is 2.36. The van der Waals surface area contributed by atoms with E-state index < -0.39 is 5.60 Å². The molecule has 2 saturated heterocycles. The Labute approximate surface area is 243 Å². The molecule has 2 atom stereocenters. The number of anilines is 3. The molecule has 1 amide bonds. The van der Waals surface area contributed by atoms with Crippen LogP contribution in [-0.2, 0) is 11.8 Å². The minimum Gasteiger partial charge on any atom is -0.444 e. The van der Waals surface area contributed by atoms with Crippen LogP contribution < -0.4 is 10.2 Å². The van der Waals surface area contributed by atoms with Gasteiger partial charge in [0, 0.05) is 61.9 Å². The third-order valence-corrected chi connectivity index (χ3v) is 7.67. The molecule has 0 radical (unpaired) electrons. The number of likely N-dealkylation sites (tertiary alicyclic amines) is 1. The van der Waals surface area contributed by atoms with Gasteiger partial charge < -0.3 is 19.9 Å². The van der Waals surface area contributed by atoms with Crippen LogP contribution in [0.4, 0.5) is 22.2 Å². The highest BCUT2D eigenvalue weighted by atomic mass is 16.6. The zero-order valence-corrected chi connectivity index (χ0v) is 24.0. The van der Waals surface area contributed by atoms with Gasteiger partial charge in [0.1, 0.15) is 17.2 Å². The Bertz CT molecular complexity index is 1770. The number of piperazine rings is 1. The molecule has 2 fully saturated rings. The second-order valence-electron chi connectivity index (χ2n) is 11.8. The van der Waals surface area contributed by atoms with Crippen LogP contribution in [0.3, 0.4) is 0 Å². The van der Waals surface area contributed by atoms with Crippen LogP contribution in [0.15, 0.2) is 67.5 Å². The molecule has 0 saturated carbocycles. The summed E-state index contributed by atoms with van der Waals surface area (Å²) < 4.78 is 9.37. The van der Waals surface area contributed by atoms with Gasteiger partial charge in [-0.2, -0.15) is 5.10 Å². The Morgan fingerprint density at radius 2 is 1.88 bits per heavy atom. The van der Waals surface area contributed by atoms with E-state index in [1.54, 1.807) is 23.3 Å². The van der Waals surface area contributed by atoms with Crippen LogP contribution in [-0.4, -0.2) is 76.3 Å². The number of amides is 1. The van der Waals surface area contributed by atoms with Crippen molar-refractivity contribution in [3.05, 3.63) is 67.5 Å². The molecule has 0 aliphatic carbocycles. The van der Waals surface area contributed by atoms with E-state index in [1.807, 2.05) is 62.1 Å². The van der Waals surface area contributed by atoms with E-state index in [0.29, 0.717) is 24.7 Å². The number of rotatable bonds is 5. The number of nitrogens with one attached hydrogen (secondary N) is 1. The minimum atomic E-state index is -0.515. The summed E-state index contributed by atoms with van der Waals surface area (Å²) in [7, 11) is 1.91. The first-order chi connectivity index (χ1) is 20.2. The lowest BCUT2D eigenvalue weighted by Gasteiger charge is -2.35. The van der Waals surface area contributed by atoms with Crippen LogP contribution >= 0.6 is 0 Å². The molecule has 12 heteroatoms. The van der Waals surface area contributed by atoms with Crippen molar-refractivity contribution in [3.63, 3.8) is 0 Å². The van der Waals surface area contributed by atoms with Gasteiger partial charge in [-0.15, -0.1) is 5.10 Å². The Kier molecular flexibility index (Phi) is 6.07. The number of ether oxygens (including phenoxy) is 1. The Balaban J connectivity index is 1.22. The van der Waals surface area contributed by atoms with Crippen molar-refractivity contribution < 1.29 is 9.53 Å². The molecule has 0 spiro atoms. The number of pyridine rings is 1. The molecule has 2 aliphatic rings. The Hall–Kier alpha value is -5.00. The van der Waals surface area contributed by atoms with Crippen molar-refractivity contribution in [3.8, 4) is 16.8 Å². The molecular weight excluding hydrogens is 532 g/mol. The van der Waals surface area contributed by atoms with Gasteiger partial charge in [0.05, 0.1) is 35.7 Å². The van der Waals surface area contributed by atoms with Gasteiger partial charge in [-0.1, -0.05) is 6.07 Å². The average molecular weight is 565 g/mol. The molecule has 0 unspecified atom stereocenters. The lowest BCUT2D eigenvalue weighted by Crippen LogP contribution is -2.50. The van der Waals surface area contributed by atoms with E-state index in [1.165, 1.54) is 0 Å². The second kappa shape index (κ2) is 9.82. The number of carbonyl (C=O) groups is 1. The van der Waals surface area contributed by atoms with Crippen molar-refractivity contribution in [1.82, 2.24) is 39.4 Å². The number of aryl methyl sites for hydroxylation is 1. The number of aromatic nitrogens is 7. The topological polar surface area (TPSA) is 119 Å². The first-order valence-corrected chi connectivity index (χ1v) is 14.0. The van der Waals surface area contributed by atoms with Crippen molar-refractivity contribution >= 4 is 34.4 Å². The van der Waals surface area contributed by atoms with Crippen LogP contribution in [0.1, 0.15) is 27.2 Å². The van der Waals surface area contributed by atoms with Gasteiger partial charge in [-0.25, -0.2) is 19.4 Å². The molecule has 2 bridgehead atoms. The van der Waals surface area contributed by atoms with Crippen LogP contribution in [0.25, 0.3) is 27.7 Å². The van der Waals surface area contributed by atoms with E-state index in [0.717, 1.165) is 40.0 Å². The normalized spacial score (nSPS) is 18.2. The molecule has 42 heavy (non-hydrogen) atoms. The summed E-state index contributed by atoms with van der Waals surface area (Å²) in [6, 6.07) is 10.6. The van der Waals surface area contributed by atoms with Crippen LogP contribution in [0.5, 0.6) is 0 Å². The summed E-state index contributed by atoms with van der Waals surface area (Å²) in [6.45, 7) is 7.02. The minimum absolute atomic E-state index is 0.102. The molecule has 12 nitrogen and oxygen atoms in total. The predicted octanol–water partition coefficient (Wildman–Crippen LogP) is 4.55. The van der Waals surface area contributed by atoms with Crippen LogP contribution in [0.2, 0.25) is 0 Å². The standard InChI is InChI=1S/C30H32N10O2/c1-30(2,3)42-29(41)39-18-22-12-23(39)17-38(22)27-13-21(7-8-33-27)40-25-11-19(20-14-34-37(4)16-20)5-6-24(25)28(36-40)35-26-15-31-9-10-32-26/h5-11,13-16,22-23H,12,17-18H2,1-4H3,(H,32,35,36)/t22-,23-/m0/s1. The summed E-state index contributed by atoms with van der Waals surface area (Å²) in [5.41, 5.74) is 3.36. The van der Waals surface area contributed by atoms with E-state index in [4.69, 9.17) is 14.8 Å². The summed E-state index contributed by atoms with van der Waals surface area (Å²) >= 11 is 0. The number of benzene rings is 1. The van der Waals surface area contributed by atoms with Crippen molar-refractivity contribution in [2.24, 2.45) is 7.05 Å². The van der Waals surface area contributed by atoms with Gasteiger partial charge >= 0.3 is 6.09 Å². The molecule has 1 aromatic carbocycles. The SMILES string of the molecule is Cn1cc(-c2ccc3c(Nc4cnccn4)nn(-c4ccnc(N5C[C@@H]6C[C@H]5CN6C(=O)OC(C)(C)C)c4)c3c2)cn1. The maximum Gasteiger partial charge on any atom is 0.410 e. The molecule has 6 heterocycles. The first kappa shape index (κ1) is 25.9. The smallest absolute Gasteiger partial charge is 0.410 e. The zero-order valence-electron chi connectivity index (χ0n) is 24.0. The summed E-state index contributed by atoms with van der Waals surface area (Å²) in [6.07, 6.45) is 11.3. The molecule has 2 aliphatic heterocycles. The third kappa shape index (κ3) is 4.78. The first-order valence-electron chi connectivity index (χ1n) is 14.0. The molecule has 214 valence electrons. The lowest BCUT2D eigenvalue weighted by molar-refractivity contribution is 0.0214. The van der Waals surface area contributed by atoms with E-state index in [9.17, 15) is 4.79 Å². The van der Waals surface area contributed by atoms with Gasteiger partial charge in [0.2, 0.25) is 0 Å². The maximum absolute atomic E-state index is 12.8. The fraction of sp³-hybridized carbons (Fsp3) is 0.333. The summed E-state index contributed by atoms with van der Waals surface area (Å²) in [4.78, 5) is 30.2. The number of hydrogen-bond donors (Lipinski definition) is 1. The zero-order chi connectivity index (χ0) is 29.0. The molecular formula is C30H32N10O2. The number of hydrogen-bond acceptors (Lipinski definition) is 9. The number of fused-ring (bicyclic) bond motifs is 3. The van der Waals surface area contributed by atoms with Gasteiger partial charge in [-0.05, 0) is 51.0 Å². The molecule has 4 aromatic heterocycles. The average Bonchev–Trinajstić information content (AvgIpc) is 3.76. The van der Waals surface area contributed by atoms with E-state index in [2.05, 4.69) is 49.5 Å². The maximum atomic E-state index is 12.8. The quantitative estimate of drug-likeness (QED) is 0.328. The highest BCUT2D eigenvalue weighted by Gasteiger charge is 2.47. The predicted molar refractivity (Wildman–Crippen MR) is 159 cm³/mol. The Morgan fingerprint density at radius 1 is 1.00 bits per heavy atom. The van der Waals surface area contributed by atoms with Crippen molar-refractivity contribution in [2.75, 3.05) is 23.3 Å². The van der Waals surface area contributed by atoms with Gasteiger partial charge in [-0.3, -0.25) is 9.67 Å². The summed E-state index contributed by atoms with van der Waals surface area (Å²) in [5.74, 6) is 2.15. The number of carbonyl (C=O) groups excluding carboxylic acids is 1. The fourth-order valence-electron chi connectivity index (χ4n) is 5.83. The third-order valence-electron chi connectivity index (χ3n) is 7.67. The fourth-order valence-corrected chi connectivity index (χ4v) is 5.83. The van der Waals surface area contributed by atoms with E-state index >= 15 is 0 Å². The monoisotopic (exact) mass is 564 g/mol. The van der Waals surface area contributed by atoms with E-state index in [-0.39, 0.29) is 18.2 Å². The van der Waals surface area contributed by atoms with Crippen molar-refractivity contribution in [1.29, 1.82) is 0 Å². The molecule has 7 rings (SSSR count). The number of nitrogens with zero attached hydrogens (tertiary/aromatic N) is 9. The van der Waals surface area contributed by atoms with Gasteiger partial charge in [0.25, 0.3) is 0 Å².